The van der Waals surface area contributed by atoms with Crippen molar-refractivity contribution >= 4 is 75.1 Å². The highest BCUT2D eigenvalue weighted by molar-refractivity contribution is 7.25. The van der Waals surface area contributed by atoms with Gasteiger partial charge in [0, 0.05) is 37.4 Å². The van der Waals surface area contributed by atoms with E-state index in [1.807, 2.05) is 0 Å². The third-order valence-electron chi connectivity index (χ3n) is 10.3. The number of fused-ring (bicyclic) bond motifs is 8. The Hall–Kier alpha value is -6.62. The van der Waals surface area contributed by atoms with Crippen LogP contribution in [0.2, 0.25) is 0 Å². The Labute approximate surface area is 303 Å². The van der Waals surface area contributed by atoms with Crippen LogP contribution < -0.4 is 0 Å². The molecule has 52 heavy (non-hydrogen) atoms. The molecular formula is C48H28N2OS. The van der Waals surface area contributed by atoms with Crippen molar-refractivity contribution in [3.63, 3.8) is 0 Å². The number of benzene rings is 8. The van der Waals surface area contributed by atoms with Crippen LogP contribution in [-0.2, 0) is 0 Å². The molecule has 4 heteroatoms. The molecule has 0 saturated carbocycles. The molecule has 0 saturated heterocycles. The largest absolute Gasteiger partial charge is 0.455 e. The number of hydrogen-bond acceptors (Lipinski definition) is 4. The summed E-state index contributed by atoms with van der Waals surface area (Å²) in [7, 11) is 0. The van der Waals surface area contributed by atoms with Crippen LogP contribution in [0.1, 0.15) is 0 Å². The molecule has 0 N–H and O–H groups in total. The van der Waals surface area contributed by atoms with Gasteiger partial charge in [-0.1, -0.05) is 146 Å². The smallest absolute Gasteiger partial charge is 0.161 e. The highest BCUT2D eigenvalue weighted by atomic mass is 32.1. The fourth-order valence-corrected chi connectivity index (χ4v) is 8.91. The summed E-state index contributed by atoms with van der Waals surface area (Å²) in [6.07, 6.45) is 0. The van der Waals surface area contributed by atoms with Crippen LogP contribution >= 0.6 is 11.3 Å². The summed E-state index contributed by atoms with van der Waals surface area (Å²) in [4.78, 5) is 11.6. The second-order valence-corrected chi connectivity index (χ2v) is 14.3. The maximum Gasteiger partial charge on any atom is 0.161 e. The maximum atomic E-state index is 6.93. The highest BCUT2D eigenvalue weighted by Gasteiger charge is 2.23. The van der Waals surface area contributed by atoms with E-state index in [4.69, 9.17) is 14.4 Å². The van der Waals surface area contributed by atoms with E-state index in [9.17, 15) is 0 Å². The van der Waals surface area contributed by atoms with E-state index in [-0.39, 0.29) is 0 Å². The molecule has 11 aromatic rings. The molecule has 0 radical (unpaired) electrons. The SMILES string of the molecule is c1ccc(-c2ccc(-c3nc(-c4ccc(-c5cccc6ccccc56)cc4)nc4sc5ccccc5c34)c3oc4cc5ccccc5cc4c23)cc1. The van der Waals surface area contributed by atoms with Gasteiger partial charge in [0.1, 0.15) is 16.0 Å². The predicted octanol–water partition coefficient (Wildman–Crippen LogP) is 13.7. The van der Waals surface area contributed by atoms with E-state index >= 15 is 0 Å². The molecule has 11 rings (SSSR count). The highest BCUT2D eigenvalue weighted by Crippen LogP contribution is 2.46. The zero-order valence-electron chi connectivity index (χ0n) is 27.9. The summed E-state index contributed by atoms with van der Waals surface area (Å²) in [5.41, 5.74) is 9.17. The monoisotopic (exact) mass is 680 g/mol. The Morgan fingerprint density at radius 2 is 1.08 bits per heavy atom. The topological polar surface area (TPSA) is 38.9 Å². The van der Waals surface area contributed by atoms with Crippen molar-refractivity contribution in [3.05, 3.63) is 170 Å². The third-order valence-corrected chi connectivity index (χ3v) is 11.4. The van der Waals surface area contributed by atoms with Crippen molar-refractivity contribution in [2.75, 3.05) is 0 Å². The molecular weight excluding hydrogens is 653 g/mol. The number of nitrogens with zero attached hydrogens (tertiary/aromatic N) is 2. The second-order valence-electron chi connectivity index (χ2n) is 13.3. The van der Waals surface area contributed by atoms with Crippen LogP contribution in [0.25, 0.3) is 109 Å². The molecule has 0 atom stereocenters. The van der Waals surface area contributed by atoms with Gasteiger partial charge in [0.05, 0.1) is 5.69 Å². The van der Waals surface area contributed by atoms with Crippen LogP contribution in [0.5, 0.6) is 0 Å². The Balaban J connectivity index is 1.17. The van der Waals surface area contributed by atoms with E-state index in [1.165, 1.54) is 26.4 Å². The molecule has 0 bridgehead atoms. The first kappa shape index (κ1) is 29.1. The lowest BCUT2D eigenvalue weighted by Crippen LogP contribution is -1.94. The van der Waals surface area contributed by atoms with Gasteiger partial charge in [-0.25, -0.2) is 9.97 Å². The van der Waals surface area contributed by atoms with Gasteiger partial charge >= 0.3 is 0 Å². The Kier molecular flexibility index (Phi) is 6.42. The normalized spacial score (nSPS) is 11.8. The number of furan rings is 1. The molecule has 0 aliphatic heterocycles. The van der Waals surface area contributed by atoms with Gasteiger partial charge in [-0.2, -0.15) is 0 Å². The number of aromatic nitrogens is 2. The summed E-state index contributed by atoms with van der Waals surface area (Å²) in [6.45, 7) is 0. The molecule has 0 unspecified atom stereocenters. The van der Waals surface area contributed by atoms with Gasteiger partial charge < -0.3 is 4.42 Å². The summed E-state index contributed by atoms with van der Waals surface area (Å²) in [6, 6.07) is 60.2. The summed E-state index contributed by atoms with van der Waals surface area (Å²) >= 11 is 1.71. The van der Waals surface area contributed by atoms with Gasteiger partial charge in [-0.3, -0.25) is 0 Å². The zero-order chi connectivity index (χ0) is 34.2. The van der Waals surface area contributed by atoms with Gasteiger partial charge in [0.25, 0.3) is 0 Å². The predicted molar refractivity (Wildman–Crippen MR) is 219 cm³/mol. The van der Waals surface area contributed by atoms with Crippen molar-refractivity contribution in [1.82, 2.24) is 9.97 Å². The van der Waals surface area contributed by atoms with Crippen molar-refractivity contribution in [3.8, 4) is 44.9 Å². The van der Waals surface area contributed by atoms with Crippen molar-refractivity contribution in [2.24, 2.45) is 0 Å². The summed E-state index contributed by atoms with van der Waals surface area (Å²) < 4.78 is 8.12. The van der Waals surface area contributed by atoms with Gasteiger partial charge in [0.15, 0.2) is 5.82 Å². The van der Waals surface area contributed by atoms with Crippen molar-refractivity contribution in [1.29, 1.82) is 0 Å². The third kappa shape index (κ3) is 4.51. The molecule has 0 aliphatic carbocycles. The Morgan fingerprint density at radius 1 is 0.423 bits per heavy atom. The molecule has 0 aliphatic rings. The van der Waals surface area contributed by atoms with Crippen LogP contribution in [0.4, 0.5) is 0 Å². The van der Waals surface area contributed by atoms with Gasteiger partial charge in [0.2, 0.25) is 0 Å². The summed E-state index contributed by atoms with van der Waals surface area (Å²) in [5, 5.41) is 9.20. The Morgan fingerprint density at radius 3 is 1.92 bits per heavy atom. The molecule has 0 fully saturated rings. The fourth-order valence-electron chi connectivity index (χ4n) is 7.83. The lowest BCUT2D eigenvalue weighted by atomic mass is 9.94. The molecule has 3 aromatic heterocycles. The van der Waals surface area contributed by atoms with Gasteiger partial charge in [-0.05, 0) is 68.1 Å². The molecule has 3 nitrogen and oxygen atoms in total. The van der Waals surface area contributed by atoms with E-state index < -0.39 is 0 Å². The lowest BCUT2D eigenvalue weighted by molar-refractivity contribution is 0.670. The van der Waals surface area contributed by atoms with E-state index in [0.717, 1.165) is 76.4 Å². The molecule has 0 amide bonds. The average Bonchev–Trinajstić information content (AvgIpc) is 3.78. The fraction of sp³-hybridized carbons (Fsp3) is 0. The quantitative estimate of drug-likeness (QED) is 0.186. The summed E-state index contributed by atoms with van der Waals surface area (Å²) in [5.74, 6) is 0.695. The molecule has 0 spiro atoms. The van der Waals surface area contributed by atoms with Crippen molar-refractivity contribution < 1.29 is 4.42 Å². The standard InChI is InChI=1S/C48H28N2OS/c1-2-11-30(12-3-1)37-25-26-39(46-43(37)40-27-33-14-4-5-15-34(33)28-41(40)51-46)45-44-38-18-8-9-20-42(38)52-48(44)50-47(49-45)32-23-21-31(22-24-32)36-19-10-16-29-13-6-7-17-35(29)36/h1-28H. The second kappa shape index (κ2) is 11.5. The minimum absolute atomic E-state index is 0.695. The van der Waals surface area contributed by atoms with Crippen LogP contribution in [-0.4, -0.2) is 9.97 Å². The number of rotatable bonds is 4. The minimum atomic E-state index is 0.695. The Bertz CT molecular complexity index is 3170. The first-order chi connectivity index (χ1) is 25.8. The molecule has 242 valence electrons. The van der Waals surface area contributed by atoms with Crippen LogP contribution in [0.15, 0.2) is 174 Å². The lowest BCUT2D eigenvalue weighted by Gasteiger charge is -2.11. The van der Waals surface area contributed by atoms with Crippen LogP contribution in [0, 0.1) is 0 Å². The first-order valence-electron chi connectivity index (χ1n) is 17.5. The number of thiophene rings is 1. The molecule has 8 aromatic carbocycles. The van der Waals surface area contributed by atoms with Crippen molar-refractivity contribution in [2.45, 2.75) is 0 Å². The van der Waals surface area contributed by atoms with E-state index in [0.29, 0.717) is 5.82 Å². The van der Waals surface area contributed by atoms with Crippen LogP contribution in [0.3, 0.4) is 0 Å². The van der Waals surface area contributed by atoms with Gasteiger partial charge in [-0.15, -0.1) is 11.3 Å². The van der Waals surface area contributed by atoms with E-state index in [1.54, 1.807) is 11.3 Å². The minimum Gasteiger partial charge on any atom is -0.455 e. The first-order valence-corrected chi connectivity index (χ1v) is 18.3. The van der Waals surface area contributed by atoms with E-state index in [2.05, 4.69) is 170 Å². The average molecular weight is 681 g/mol. The zero-order valence-corrected chi connectivity index (χ0v) is 28.7. The maximum absolute atomic E-state index is 6.93. The molecule has 3 heterocycles. The number of hydrogen-bond donors (Lipinski definition) is 0.